The molecule has 1 amide bonds. The Bertz CT molecular complexity index is 1080. The number of amides is 1. The second-order valence-corrected chi connectivity index (χ2v) is 6.80. The number of methoxy groups -OCH3 is 1. The van der Waals surface area contributed by atoms with Gasteiger partial charge in [0.1, 0.15) is 17.7 Å². The number of nitrogens with one attached hydrogen (secondary N) is 1. The first kappa shape index (κ1) is 21.8. The molecule has 3 aromatic carbocycles. The summed E-state index contributed by atoms with van der Waals surface area (Å²) in [4.78, 5) is 37.0. The zero-order chi connectivity index (χ0) is 22.4. The summed E-state index contributed by atoms with van der Waals surface area (Å²) >= 11 is 0. The minimum Gasteiger partial charge on any atom is -0.467 e. The van der Waals surface area contributed by atoms with Crippen LogP contribution in [0.2, 0.25) is 0 Å². The Kier molecular flexibility index (Phi) is 6.87. The number of rotatable bonds is 7. The highest BCUT2D eigenvalue weighted by Gasteiger charge is 2.23. The van der Waals surface area contributed by atoms with Crippen LogP contribution < -0.4 is 5.32 Å². The van der Waals surface area contributed by atoms with Crippen LogP contribution in [0.4, 0.5) is 8.78 Å². The lowest BCUT2D eigenvalue weighted by Crippen LogP contribution is -2.43. The van der Waals surface area contributed by atoms with Crippen molar-refractivity contribution < 1.29 is 27.9 Å². The Morgan fingerprint density at radius 2 is 1.42 bits per heavy atom. The van der Waals surface area contributed by atoms with Crippen LogP contribution in [0.15, 0.2) is 72.8 Å². The lowest BCUT2D eigenvalue weighted by molar-refractivity contribution is -0.142. The maximum Gasteiger partial charge on any atom is 0.328 e. The molecule has 0 aliphatic heterocycles. The van der Waals surface area contributed by atoms with Crippen molar-refractivity contribution in [2.45, 2.75) is 12.5 Å². The highest BCUT2D eigenvalue weighted by Crippen LogP contribution is 2.14. The number of benzene rings is 3. The van der Waals surface area contributed by atoms with E-state index in [0.29, 0.717) is 22.8 Å². The minimum atomic E-state index is -1.08. The van der Waals surface area contributed by atoms with Crippen LogP contribution in [-0.2, 0) is 16.0 Å². The third-order valence-electron chi connectivity index (χ3n) is 4.61. The summed E-state index contributed by atoms with van der Waals surface area (Å²) in [6.07, 6.45) is 0.0655. The van der Waals surface area contributed by atoms with E-state index in [1.165, 1.54) is 7.11 Å². The van der Waals surface area contributed by atoms with E-state index >= 15 is 0 Å². The first-order valence-corrected chi connectivity index (χ1v) is 9.41. The molecule has 0 unspecified atom stereocenters. The Hall–Kier alpha value is -3.87. The van der Waals surface area contributed by atoms with Gasteiger partial charge in [-0.05, 0) is 17.7 Å². The van der Waals surface area contributed by atoms with Gasteiger partial charge in [-0.15, -0.1) is 0 Å². The van der Waals surface area contributed by atoms with E-state index in [9.17, 15) is 23.2 Å². The van der Waals surface area contributed by atoms with Gasteiger partial charge in [-0.3, -0.25) is 9.59 Å². The van der Waals surface area contributed by atoms with Gasteiger partial charge in [-0.1, -0.05) is 54.6 Å². The van der Waals surface area contributed by atoms with Crippen molar-refractivity contribution >= 4 is 17.7 Å². The van der Waals surface area contributed by atoms with Gasteiger partial charge in [-0.25, -0.2) is 13.6 Å². The quantitative estimate of drug-likeness (QED) is 0.465. The first-order valence-electron chi connectivity index (χ1n) is 9.41. The van der Waals surface area contributed by atoms with Gasteiger partial charge >= 0.3 is 5.97 Å². The fraction of sp³-hybridized carbons (Fsp3) is 0.125. The van der Waals surface area contributed by atoms with Crippen molar-refractivity contribution in [3.05, 3.63) is 107 Å². The van der Waals surface area contributed by atoms with Crippen LogP contribution in [0.5, 0.6) is 0 Å². The largest absolute Gasteiger partial charge is 0.467 e. The van der Waals surface area contributed by atoms with Crippen LogP contribution in [0.25, 0.3) is 0 Å². The van der Waals surface area contributed by atoms with Gasteiger partial charge in [0.15, 0.2) is 5.78 Å². The molecule has 7 heteroatoms. The highest BCUT2D eigenvalue weighted by molar-refractivity contribution is 6.08. The summed E-state index contributed by atoms with van der Waals surface area (Å²) in [6, 6.07) is 16.7. The van der Waals surface area contributed by atoms with Crippen molar-refractivity contribution in [3.63, 3.8) is 0 Å². The monoisotopic (exact) mass is 423 g/mol. The van der Waals surface area contributed by atoms with Crippen LogP contribution in [0.1, 0.15) is 31.8 Å². The standard InChI is InChI=1S/C24H19F2NO4/c1-31-24(30)21(27-23(29)18-12-19(25)14-20(26)13-18)11-15-7-9-17(10-8-15)22(28)16-5-3-2-4-6-16/h2-10,12-14,21H,11H2,1H3,(H,27,29)/t21-/m0/s1. The van der Waals surface area contributed by atoms with Crippen LogP contribution >= 0.6 is 0 Å². The molecule has 0 aromatic heterocycles. The van der Waals surface area contributed by atoms with Gasteiger partial charge in [0.25, 0.3) is 5.91 Å². The number of ether oxygens (including phenoxy) is 1. The molecule has 158 valence electrons. The molecule has 0 spiro atoms. The lowest BCUT2D eigenvalue weighted by atomic mass is 9.99. The maximum atomic E-state index is 13.4. The predicted molar refractivity (Wildman–Crippen MR) is 110 cm³/mol. The third-order valence-corrected chi connectivity index (χ3v) is 4.61. The lowest BCUT2D eigenvalue weighted by Gasteiger charge is -2.17. The zero-order valence-electron chi connectivity index (χ0n) is 16.6. The van der Waals surface area contributed by atoms with Crippen molar-refractivity contribution in [1.82, 2.24) is 5.32 Å². The molecule has 3 rings (SSSR count). The fourth-order valence-electron chi connectivity index (χ4n) is 3.05. The van der Waals surface area contributed by atoms with Crippen molar-refractivity contribution in [2.24, 2.45) is 0 Å². The van der Waals surface area contributed by atoms with E-state index in [2.05, 4.69) is 5.32 Å². The number of hydrogen-bond acceptors (Lipinski definition) is 4. The summed E-state index contributed by atoms with van der Waals surface area (Å²) < 4.78 is 31.5. The molecule has 0 aliphatic rings. The molecule has 5 nitrogen and oxygen atoms in total. The summed E-state index contributed by atoms with van der Waals surface area (Å²) in [6.45, 7) is 0. The average Bonchev–Trinajstić information content (AvgIpc) is 2.78. The molecular formula is C24H19F2NO4. The number of carbonyl (C=O) groups is 3. The number of ketones is 1. The van der Waals surface area contributed by atoms with E-state index in [1.54, 1.807) is 48.5 Å². The molecule has 1 N–H and O–H groups in total. The molecular weight excluding hydrogens is 404 g/mol. The van der Waals surface area contributed by atoms with Gasteiger partial charge in [0.2, 0.25) is 0 Å². The van der Waals surface area contributed by atoms with Gasteiger partial charge < -0.3 is 10.1 Å². The second kappa shape index (κ2) is 9.75. The van der Waals surface area contributed by atoms with Crippen molar-refractivity contribution in [1.29, 1.82) is 0 Å². The Morgan fingerprint density at radius 1 is 0.839 bits per heavy atom. The smallest absolute Gasteiger partial charge is 0.328 e. The topological polar surface area (TPSA) is 72.5 Å². The molecule has 0 fully saturated rings. The van der Waals surface area contributed by atoms with E-state index < -0.39 is 29.6 Å². The Labute approximate surface area is 177 Å². The molecule has 0 saturated heterocycles. The second-order valence-electron chi connectivity index (χ2n) is 6.80. The number of hydrogen-bond donors (Lipinski definition) is 1. The van der Waals surface area contributed by atoms with E-state index in [1.807, 2.05) is 6.07 Å². The van der Waals surface area contributed by atoms with Crippen molar-refractivity contribution in [2.75, 3.05) is 7.11 Å². The van der Waals surface area contributed by atoms with E-state index in [-0.39, 0.29) is 17.8 Å². The predicted octanol–water partition coefficient (Wildman–Crippen LogP) is 3.71. The highest BCUT2D eigenvalue weighted by atomic mass is 19.1. The van der Waals surface area contributed by atoms with E-state index in [0.717, 1.165) is 12.1 Å². The fourth-order valence-corrected chi connectivity index (χ4v) is 3.05. The molecule has 0 heterocycles. The van der Waals surface area contributed by atoms with Crippen LogP contribution in [-0.4, -0.2) is 30.8 Å². The van der Waals surface area contributed by atoms with Gasteiger partial charge in [0, 0.05) is 29.2 Å². The van der Waals surface area contributed by atoms with Crippen molar-refractivity contribution in [3.8, 4) is 0 Å². The number of carbonyl (C=O) groups excluding carboxylic acids is 3. The molecule has 1 atom stereocenters. The number of halogens is 2. The maximum absolute atomic E-state index is 13.4. The minimum absolute atomic E-state index is 0.0655. The van der Waals surface area contributed by atoms with E-state index in [4.69, 9.17) is 4.74 Å². The molecule has 31 heavy (non-hydrogen) atoms. The third kappa shape index (κ3) is 5.60. The van der Waals surface area contributed by atoms with Gasteiger partial charge in [-0.2, -0.15) is 0 Å². The summed E-state index contributed by atoms with van der Waals surface area (Å²) in [5.41, 5.74) is 1.43. The summed E-state index contributed by atoms with van der Waals surface area (Å²) in [5.74, 6) is -3.48. The molecule has 3 aromatic rings. The molecule has 0 bridgehead atoms. The molecule has 0 radical (unpaired) electrons. The normalized spacial score (nSPS) is 11.5. The number of esters is 1. The van der Waals surface area contributed by atoms with Crippen LogP contribution in [0.3, 0.4) is 0 Å². The SMILES string of the molecule is COC(=O)[C@H](Cc1ccc(C(=O)c2ccccc2)cc1)NC(=O)c1cc(F)cc(F)c1. The average molecular weight is 423 g/mol. The molecule has 0 saturated carbocycles. The van der Waals surface area contributed by atoms with Crippen LogP contribution in [0, 0.1) is 11.6 Å². The molecule has 0 aliphatic carbocycles. The summed E-state index contributed by atoms with van der Waals surface area (Å²) in [7, 11) is 1.17. The first-order chi connectivity index (χ1) is 14.9. The Balaban J connectivity index is 1.74. The zero-order valence-corrected chi connectivity index (χ0v) is 16.6. The Morgan fingerprint density at radius 3 is 2.00 bits per heavy atom. The summed E-state index contributed by atoms with van der Waals surface area (Å²) in [5, 5.41) is 2.44. The van der Waals surface area contributed by atoms with Gasteiger partial charge in [0.05, 0.1) is 7.11 Å².